The van der Waals surface area contributed by atoms with Crippen molar-refractivity contribution in [1.82, 2.24) is 15.0 Å². The standard InChI is InChI=1S/C26H26N6O2/c1-2-6-21-17-23(9-8-20(21)5-1)31-28-19-24-18-25(32-12-15-33-16-13-32)30-26(29-24)34-14-10-22-7-3-4-11-27-22/h1-9,11,17-19,31H,10,12-16H2. The van der Waals surface area contributed by atoms with Gasteiger partial charge in [0.2, 0.25) is 0 Å². The van der Waals surface area contributed by atoms with E-state index >= 15 is 0 Å². The Labute approximate surface area is 198 Å². The summed E-state index contributed by atoms with van der Waals surface area (Å²) in [5.74, 6) is 0.804. The number of nitrogens with zero attached hydrogens (tertiary/aromatic N) is 5. The van der Waals surface area contributed by atoms with E-state index in [2.05, 4.69) is 54.6 Å². The molecule has 1 aliphatic heterocycles. The molecule has 0 aliphatic carbocycles. The summed E-state index contributed by atoms with van der Waals surface area (Å²) in [4.78, 5) is 15.7. The quantitative estimate of drug-likeness (QED) is 0.319. The van der Waals surface area contributed by atoms with Gasteiger partial charge in [-0.3, -0.25) is 10.4 Å². The molecule has 1 N–H and O–H groups in total. The van der Waals surface area contributed by atoms with Gasteiger partial charge in [0.1, 0.15) is 5.82 Å². The van der Waals surface area contributed by atoms with E-state index in [0.717, 1.165) is 35.7 Å². The molecule has 0 atom stereocenters. The lowest BCUT2D eigenvalue weighted by Gasteiger charge is -2.28. The maximum atomic E-state index is 5.89. The first-order chi connectivity index (χ1) is 16.8. The van der Waals surface area contributed by atoms with E-state index in [0.29, 0.717) is 37.9 Å². The van der Waals surface area contributed by atoms with E-state index in [9.17, 15) is 0 Å². The summed E-state index contributed by atoms with van der Waals surface area (Å²) in [5, 5.41) is 6.75. The van der Waals surface area contributed by atoms with Crippen LogP contribution in [0.1, 0.15) is 11.4 Å². The van der Waals surface area contributed by atoms with Gasteiger partial charge in [-0.25, -0.2) is 0 Å². The van der Waals surface area contributed by atoms with E-state index in [1.807, 2.05) is 42.5 Å². The summed E-state index contributed by atoms with van der Waals surface area (Å²) >= 11 is 0. The number of morpholine rings is 1. The van der Waals surface area contributed by atoms with Crippen molar-refractivity contribution < 1.29 is 9.47 Å². The van der Waals surface area contributed by atoms with Gasteiger partial charge >= 0.3 is 6.01 Å². The highest BCUT2D eigenvalue weighted by Crippen LogP contribution is 2.20. The van der Waals surface area contributed by atoms with Crippen molar-refractivity contribution >= 4 is 28.5 Å². The van der Waals surface area contributed by atoms with Crippen molar-refractivity contribution in [2.45, 2.75) is 6.42 Å². The molecule has 2 aromatic carbocycles. The number of pyridine rings is 1. The summed E-state index contributed by atoms with van der Waals surface area (Å²) < 4.78 is 11.4. The van der Waals surface area contributed by atoms with Crippen molar-refractivity contribution in [2.24, 2.45) is 5.10 Å². The molecule has 8 nitrogen and oxygen atoms in total. The first kappa shape index (κ1) is 21.8. The Morgan fingerprint density at radius 3 is 2.68 bits per heavy atom. The number of benzene rings is 2. The maximum Gasteiger partial charge on any atom is 0.318 e. The largest absolute Gasteiger partial charge is 0.463 e. The molecule has 34 heavy (non-hydrogen) atoms. The van der Waals surface area contributed by atoms with Crippen LogP contribution < -0.4 is 15.1 Å². The third kappa shape index (κ3) is 5.65. The number of rotatable bonds is 8. The fraction of sp³-hybridized carbons (Fsp3) is 0.231. The van der Waals surface area contributed by atoms with Crippen LogP contribution in [0.2, 0.25) is 0 Å². The SMILES string of the molecule is C(=NNc1ccc2ccccc2c1)c1cc(N2CCOCC2)nc(OCCc2ccccn2)n1. The molecule has 1 fully saturated rings. The molecule has 8 heteroatoms. The molecule has 0 radical (unpaired) electrons. The van der Waals surface area contributed by atoms with Crippen molar-refractivity contribution in [3.05, 3.63) is 84.3 Å². The average molecular weight is 455 g/mol. The first-order valence-corrected chi connectivity index (χ1v) is 11.4. The second kappa shape index (κ2) is 10.7. The van der Waals surface area contributed by atoms with Crippen LogP contribution >= 0.6 is 0 Å². The Morgan fingerprint density at radius 1 is 0.971 bits per heavy atom. The Hall–Kier alpha value is -4.04. The second-order valence-corrected chi connectivity index (χ2v) is 7.88. The number of fused-ring (bicyclic) bond motifs is 1. The summed E-state index contributed by atoms with van der Waals surface area (Å²) in [5.41, 5.74) is 5.63. The molecule has 2 aromatic heterocycles. The predicted molar refractivity (Wildman–Crippen MR) is 134 cm³/mol. The van der Waals surface area contributed by atoms with Crippen molar-refractivity contribution in [3.8, 4) is 6.01 Å². The van der Waals surface area contributed by atoms with Gasteiger partial charge in [0, 0.05) is 37.5 Å². The molecular formula is C26H26N6O2. The zero-order valence-electron chi connectivity index (χ0n) is 18.8. The summed E-state index contributed by atoms with van der Waals surface area (Å²) in [6, 6.07) is 22.5. The minimum absolute atomic E-state index is 0.326. The maximum absolute atomic E-state index is 5.89. The zero-order valence-corrected chi connectivity index (χ0v) is 18.8. The number of hydrogen-bond acceptors (Lipinski definition) is 8. The fourth-order valence-corrected chi connectivity index (χ4v) is 3.74. The lowest BCUT2D eigenvalue weighted by atomic mass is 10.1. The van der Waals surface area contributed by atoms with Crippen molar-refractivity contribution in [2.75, 3.05) is 43.2 Å². The topological polar surface area (TPSA) is 84.8 Å². The fourth-order valence-electron chi connectivity index (χ4n) is 3.74. The van der Waals surface area contributed by atoms with Gasteiger partial charge in [0.25, 0.3) is 0 Å². The molecule has 3 heterocycles. The van der Waals surface area contributed by atoms with Crippen LogP contribution in [-0.2, 0) is 11.2 Å². The van der Waals surface area contributed by atoms with Crippen LogP contribution in [0.5, 0.6) is 6.01 Å². The first-order valence-electron chi connectivity index (χ1n) is 11.4. The van der Waals surface area contributed by atoms with Gasteiger partial charge in [-0.2, -0.15) is 15.1 Å². The Morgan fingerprint density at radius 2 is 1.82 bits per heavy atom. The predicted octanol–water partition coefficient (Wildman–Crippen LogP) is 3.93. The number of hydrazone groups is 1. The number of hydrogen-bond donors (Lipinski definition) is 1. The van der Waals surface area contributed by atoms with Crippen molar-refractivity contribution in [1.29, 1.82) is 0 Å². The smallest absolute Gasteiger partial charge is 0.318 e. The third-order valence-corrected chi connectivity index (χ3v) is 5.50. The Kier molecular flexibility index (Phi) is 6.87. The molecule has 0 bridgehead atoms. The number of nitrogens with one attached hydrogen (secondary N) is 1. The van der Waals surface area contributed by atoms with E-state index < -0.39 is 0 Å². The minimum Gasteiger partial charge on any atom is -0.463 e. The average Bonchev–Trinajstić information content (AvgIpc) is 2.90. The van der Waals surface area contributed by atoms with Gasteiger partial charge in [-0.1, -0.05) is 36.4 Å². The molecule has 4 aromatic rings. The summed E-state index contributed by atoms with van der Waals surface area (Å²) in [6.45, 7) is 3.34. The zero-order chi connectivity index (χ0) is 23.0. The monoisotopic (exact) mass is 454 g/mol. The van der Waals surface area contributed by atoms with E-state index in [1.54, 1.807) is 12.4 Å². The summed E-state index contributed by atoms with van der Waals surface area (Å²) in [6.07, 6.45) is 4.15. The molecule has 0 saturated carbocycles. The molecule has 0 unspecified atom stereocenters. The van der Waals surface area contributed by atoms with Crippen LogP contribution in [0.4, 0.5) is 11.5 Å². The summed E-state index contributed by atoms with van der Waals surface area (Å²) in [7, 11) is 0. The number of anilines is 2. The van der Waals surface area contributed by atoms with Crippen LogP contribution in [0.3, 0.4) is 0 Å². The highest BCUT2D eigenvalue weighted by Gasteiger charge is 2.15. The third-order valence-electron chi connectivity index (χ3n) is 5.50. The highest BCUT2D eigenvalue weighted by atomic mass is 16.5. The van der Waals surface area contributed by atoms with E-state index in [1.165, 1.54) is 5.39 Å². The molecule has 1 saturated heterocycles. The van der Waals surface area contributed by atoms with Crippen LogP contribution in [0.25, 0.3) is 10.8 Å². The van der Waals surface area contributed by atoms with Crippen LogP contribution in [0, 0.1) is 0 Å². The number of ether oxygens (including phenoxy) is 2. The Balaban J connectivity index is 1.31. The molecule has 1 aliphatic rings. The highest BCUT2D eigenvalue weighted by molar-refractivity contribution is 5.86. The lowest BCUT2D eigenvalue weighted by molar-refractivity contribution is 0.122. The normalized spacial score (nSPS) is 13.9. The molecule has 0 spiro atoms. The molecule has 0 amide bonds. The molecule has 172 valence electrons. The minimum atomic E-state index is 0.326. The van der Waals surface area contributed by atoms with Crippen molar-refractivity contribution in [3.63, 3.8) is 0 Å². The van der Waals surface area contributed by atoms with E-state index in [4.69, 9.17) is 9.47 Å². The van der Waals surface area contributed by atoms with Crippen LogP contribution in [-0.4, -0.2) is 54.1 Å². The molecular weight excluding hydrogens is 428 g/mol. The van der Waals surface area contributed by atoms with Gasteiger partial charge < -0.3 is 14.4 Å². The van der Waals surface area contributed by atoms with Gasteiger partial charge in [0.05, 0.1) is 37.4 Å². The van der Waals surface area contributed by atoms with Gasteiger partial charge in [0.15, 0.2) is 0 Å². The lowest BCUT2D eigenvalue weighted by Crippen LogP contribution is -2.37. The van der Waals surface area contributed by atoms with Gasteiger partial charge in [-0.15, -0.1) is 0 Å². The Bertz CT molecular complexity index is 1260. The van der Waals surface area contributed by atoms with E-state index in [-0.39, 0.29) is 0 Å². The molecule has 5 rings (SSSR count). The van der Waals surface area contributed by atoms with Crippen LogP contribution in [0.15, 0.2) is 78.0 Å². The van der Waals surface area contributed by atoms with Gasteiger partial charge in [-0.05, 0) is 35.0 Å². The number of aromatic nitrogens is 3. The second-order valence-electron chi connectivity index (χ2n) is 7.88.